The minimum Gasteiger partial charge on any atom is -0.342 e. The third-order valence-electron chi connectivity index (χ3n) is 3.53. The summed E-state index contributed by atoms with van der Waals surface area (Å²) < 4.78 is 0. The van der Waals surface area contributed by atoms with E-state index in [4.69, 9.17) is 0 Å². The van der Waals surface area contributed by atoms with Gasteiger partial charge in [0, 0.05) is 25.9 Å². The van der Waals surface area contributed by atoms with Crippen molar-refractivity contribution in [1.82, 2.24) is 15.1 Å². The van der Waals surface area contributed by atoms with Crippen molar-refractivity contribution in [2.45, 2.75) is 46.0 Å². The lowest BCUT2D eigenvalue weighted by atomic mass is 10.1. The van der Waals surface area contributed by atoms with E-state index in [0.29, 0.717) is 18.1 Å². The smallest absolute Gasteiger partial charge is 0.231 e. The van der Waals surface area contributed by atoms with Crippen molar-refractivity contribution >= 4 is 28.3 Å². The maximum absolute atomic E-state index is 12.2. The van der Waals surface area contributed by atoms with Crippen LogP contribution in [0, 0.1) is 5.92 Å². The lowest BCUT2D eigenvalue weighted by Crippen LogP contribution is -2.29. The van der Waals surface area contributed by atoms with Crippen LogP contribution in [-0.4, -0.2) is 40.0 Å². The minimum absolute atomic E-state index is 0.0764. The summed E-state index contributed by atoms with van der Waals surface area (Å²) in [4.78, 5) is 25.8. The van der Waals surface area contributed by atoms with Crippen molar-refractivity contribution in [2.24, 2.45) is 5.92 Å². The van der Waals surface area contributed by atoms with E-state index in [9.17, 15) is 9.59 Å². The lowest BCUT2D eigenvalue weighted by Gasteiger charge is -2.15. The van der Waals surface area contributed by atoms with Crippen LogP contribution in [0.1, 0.15) is 44.5 Å². The van der Waals surface area contributed by atoms with Gasteiger partial charge in [0.25, 0.3) is 0 Å². The van der Waals surface area contributed by atoms with Crippen LogP contribution < -0.4 is 5.32 Å². The van der Waals surface area contributed by atoms with Crippen LogP contribution in [0.25, 0.3) is 0 Å². The zero-order valence-electron chi connectivity index (χ0n) is 12.6. The second-order valence-corrected chi connectivity index (χ2v) is 6.40. The third kappa shape index (κ3) is 4.23. The highest BCUT2D eigenvalue weighted by Crippen LogP contribution is 2.22. The molecule has 1 fully saturated rings. The number of rotatable bonds is 7. The maximum atomic E-state index is 12.2. The highest BCUT2D eigenvalue weighted by molar-refractivity contribution is 7.15. The SMILES string of the molecule is CCCCN1C[C@H](C(=O)Nc2nnc(CCC)s2)CC1=O. The molecule has 0 saturated carbocycles. The summed E-state index contributed by atoms with van der Waals surface area (Å²) in [6.45, 7) is 5.44. The molecule has 1 saturated heterocycles. The van der Waals surface area contributed by atoms with Crippen molar-refractivity contribution in [3.63, 3.8) is 0 Å². The number of carbonyl (C=O) groups is 2. The number of amides is 2. The van der Waals surface area contributed by atoms with E-state index >= 15 is 0 Å². The number of hydrogen-bond donors (Lipinski definition) is 1. The van der Waals surface area contributed by atoms with E-state index in [2.05, 4.69) is 29.4 Å². The monoisotopic (exact) mass is 310 g/mol. The van der Waals surface area contributed by atoms with Gasteiger partial charge in [-0.3, -0.25) is 9.59 Å². The molecule has 116 valence electrons. The summed E-state index contributed by atoms with van der Waals surface area (Å²) in [5.41, 5.74) is 0. The number of carbonyl (C=O) groups excluding carboxylic acids is 2. The quantitative estimate of drug-likeness (QED) is 0.836. The van der Waals surface area contributed by atoms with Gasteiger partial charge in [-0.25, -0.2) is 0 Å². The maximum Gasteiger partial charge on any atom is 0.231 e. The summed E-state index contributed by atoms with van der Waals surface area (Å²) in [6, 6.07) is 0. The molecule has 0 aromatic carbocycles. The summed E-state index contributed by atoms with van der Waals surface area (Å²) in [6.07, 6.45) is 4.21. The van der Waals surface area contributed by atoms with Crippen LogP contribution in [0.5, 0.6) is 0 Å². The Morgan fingerprint density at radius 1 is 1.38 bits per heavy atom. The topological polar surface area (TPSA) is 75.2 Å². The molecule has 2 rings (SSSR count). The van der Waals surface area contributed by atoms with Gasteiger partial charge < -0.3 is 10.2 Å². The van der Waals surface area contributed by atoms with Crippen LogP contribution in [-0.2, 0) is 16.0 Å². The Hall–Kier alpha value is -1.50. The zero-order chi connectivity index (χ0) is 15.2. The van der Waals surface area contributed by atoms with Crippen molar-refractivity contribution in [2.75, 3.05) is 18.4 Å². The Labute approximate surface area is 128 Å². The van der Waals surface area contributed by atoms with Crippen molar-refractivity contribution in [3.8, 4) is 0 Å². The Kier molecular flexibility index (Phi) is 5.67. The Morgan fingerprint density at radius 3 is 2.90 bits per heavy atom. The first-order valence-corrected chi connectivity index (χ1v) is 8.36. The molecule has 0 radical (unpaired) electrons. The van der Waals surface area contributed by atoms with E-state index < -0.39 is 0 Å². The van der Waals surface area contributed by atoms with Crippen LogP contribution in [0.3, 0.4) is 0 Å². The van der Waals surface area contributed by atoms with E-state index in [1.165, 1.54) is 11.3 Å². The fourth-order valence-electron chi connectivity index (χ4n) is 2.34. The van der Waals surface area contributed by atoms with Crippen LogP contribution in [0.15, 0.2) is 0 Å². The van der Waals surface area contributed by atoms with E-state index in [-0.39, 0.29) is 17.7 Å². The average Bonchev–Trinajstić information content (AvgIpc) is 3.04. The zero-order valence-corrected chi connectivity index (χ0v) is 13.4. The second kappa shape index (κ2) is 7.49. The second-order valence-electron chi connectivity index (χ2n) is 5.33. The number of unbranched alkanes of at least 4 members (excludes halogenated alkanes) is 1. The van der Waals surface area contributed by atoms with Crippen LogP contribution >= 0.6 is 11.3 Å². The molecule has 1 aliphatic rings. The fourth-order valence-corrected chi connectivity index (χ4v) is 3.18. The molecule has 0 aliphatic carbocycles. The number of nitrogens with one attached hydrogen (secondary N) is 1. The molecule has 2 heterocycles. The van der Waals surface area contributed by atoms with Gasteiger partial charge in [0.05, 0.1) is 5.92 Å². The van der Waals surface area contributed by atoms with Crippen molar-refractivity contribution in [3.05, 3.63) is 5.01 Å². The molecule has 0 bridgehead atoms. The molecule has 21 heavy (non-hydrogen) atoms. The van der Waals surface area contributed by atoms with Crippen LogP contribution in [0.4, 0.5) is 5.13 Å². The molecule has 1 aliphatic heterocycles. The van der Waals surface area contributed by atoms with Gasteiger partial charge in [0.1, 0.15) is 5.01 Å². The summed E-state index contributed by atoms with van der Waals surface area (Å²) in [5, 5.41) is 12.3. The van der Waals surface area contributed by atoms with Gasteiger partial charge in [0.2, 0.25) is 16.9 Å². The Balaban J connectivity index is 1.87. The predicted molar refractivity (Wildman–Crippen MR) is 82.1 cm³/mol. The standard InChI is InChI=1S/C14H22N4O2S/c1-3-5-7-18-9-10(8-12(18)19)13(20)15-14-17-16-11(21-14)6-4-2/h10H,3-9H2,1-2H3,(H,15,17,20)/t10-/m1/s1. The number of nitrogens with zero attached hydrogens (tertiary/aromatic N) is 3. The Bertz CT molecular complexity index is 503. The molecule has 6 nitrogen and oxygen atoms in total. The molecular formula is C14H22N4O2S. The predicted octanol–water partition coefficient (Wildman–Crippen LogP) is 2.08. The fraction of sp³-hybridized carbons (Fsp3) is 0.714. The van der Waals surface area contributed by atoms with Gasteiger partial charge in [0.15, 0.2) is 0 Å². The lowest BCUT2D eigenvalue weighted by molar-refractivity contribution is -0.128. The van der Waals surface area contributed by atoms with Gasteiger partial charge in [-0.05, 0) is 12.8 Å². The molecule has 1 aromatic heterocycles. The van der Waals surface area contributed by atoms with E-state index in [0.717, 1.165) is 37.2 Å². The number of hydrogen-bond acceptors (Lipinski definition) is 5. The van der Waals surface area contributed by atoms with Gasteiger partial charge in [-0.2, -0.15) is 0 Å². The van der Waals surface area contributed by atoms with Crippen molar-refractivity contribution < 1.29 is 9.59 Å². The highest BCUT2D eigenvalue weighted by atomic mass is 32.1. The van der Waals surface area contributed by atoms with Crippen LogP contribution in [0.2, 0.25) is 0 Å². The summed E-state index contributed by atoms with van der Waals surface area (Å²) in [7, 11) is 0. The molecule has 1 atom stereocenters. The van der Waals surface area contributed by atoms with Gasteiger partial charge >= 0.3 is 0 Å². The first-order chi connectivity index (χ1) is 10.1. The molecule has 7 heteroatoms. The molecule has 0 spiro atoms. The summed E-state index contributed by atoms with van der Waals surface area (Å²) in [5.74, 6) is -0.318. The first-order valence-electron chi connectivity index (χ1n) is 7.55. The third-order valence-corrected chi connectivity index (χ3v) is 4.43. The van der Waals surface area contributed by atoms with Crippen molar-refractivity contribution in [1.29, 1.82) is 0 Å². The molecule has 2 amide bonds. The number of likely N-dealkylation sites (tertiary alicyclic amines) is 1. The first kappa shape index (κ1) is 15.9. The highest BCUT2D eigenvalue weighted by Gasteiger charge is 2.34. The number of anilines is 1. The summed E-state index contributed by atoms with van der Waals surface area (Å²) >= 11 is 1.41. The number of aryl methyl sites for hydroxylation is 1. The molecule has 1 aromatic rings. The average molecular weight is 310 g/mol. The van der Waals surface area contributed by atoms with Gasteiger partial charge in [-0.1, -0.05) is 31.6 Å². The molecular weight excluding hydrogens is 288 g/mol. The number of aromatic nitrogens is 2. The van der Waals surface area contributed by atoms with E-state index in [1.54, 1.807) is 4.90 Å². The normalized spacial score (nSPS) is 18.3. The molecule has 1 N–H and O–H groups in total. The van der Waals surface area contributed by atoms with E-state index in [1.807, 2.05) is 0 Å². The Morgan fingerprint density at radius 2 is 2.19 bits per heavy atom. The molecule has 0 unspecified atom stereocenters. The minimum atomic E-state index is -0.270. The van der Waals surface area contributed by atoms with Gasteiger partial charge in [-0.15, -0.1) is 10.2 Å². The largest absolute Gasteiger partial charge is 0.342 e.